The van der Waals surface area contributed by atoms with Crippen molar-refractivity contribution in [2.45, 2.75) is 40.0 Å². The molecule has 150 valence electrons. The van der Waals surface area contributed by atoms with Gasteiger partial charge in [-0.15, -0.1) is 0 Å². The van der Waals surface area contributed by atoms with Crippen molar-refractivity contribution < 1.29 is 29.0 Å². The first-order valence-electron chi connectivity index (χ1n) is 8.41. The molecule has 9 heteroatoms. The first-order chi connectivity index (χ1) is 12.6. The number of ether oxygens (including phenoxy) is 2. The number of hydrogen-bond donors (Lipinski definition) is 1. The highest BCUT2D eigenvalue weighted by atomic mass is 35.5. The van der Waals surface area contributed by atoms with E-state index in [9.17, 15) is 14.4 Å². The fourth-order valence-electron chi connectivity index (χ4n) is 2.55. The van der Waals surface area contributed by atoms with E-state index in [4.69, 9.17) is 44.6 Å². The summed E-state index contributed by atoms with van der Waals surface area (Å²) in [5, 5.41) is 8.16. The standard InChI is InChI=1S/C18H21Cl3O6/c1-4-10(5-2)6-9(3)8-26-17(24)13-14(21)11(19)7-12(20)15(13)27-18(25)16(22)23/h7,9-10H,4-6,8H2,1-3H3,(H,22,23). The monoisotopic (exact) mass is 438 g/mol. The molecule has 0 aliphatic rings. The average molecular weight is 440 g/mol. The van der Waals surface area contributed by atoms with Crippen LogP contribution in [0.3, 0.4) is 0 Å². The lowest BCUT2D eigenvalue weighted by molar-refractivity contribution is -0.158. The van der Waals surface area contributed by atoms with Crippen LogP contribution in [0.5, 0.6) is 5.75 Å². The summed E-state index contributed by atoms with van der Waals surface area (Å²) >= 11 is 17.9. The molecule has 1 rings (SSSR count). The first kappa shape index (κ1) is 23.5. The van der Waals surface area contributed by atoms with Crippen molar-refractivity contribution in [1.82, 2.24) is 0 Å². The zero-order chi connectivity index (χ0) is 20.7. The van der Waals surface area contributed by atoms with Crippen molar-refractivity contribution in [1.29, 1.82) is 0 Å². The molecule has 0 bridgehead atoms. The highest BCUT2D eigenvalue weighted by molar-refractivity contribution is 6.46. The number of carbonyl (C=O) groups excluding carboxylic acids is 2. The Kier molecular flexibility index (Phi) is 9.36. The molecular formula is C18H21Cl3O6. The van der Waals surface area contributed by atoms with E-state index in [-0.39, 0.29) is 27.6 Å². The van der Waals surface area contributed by atoms with E-state index < -0.39 is 29.2 Å². The lowest BCUT2D eigenvalue weighted by Gasteiger charge is -2.19. The van der Waals surface area contributed by atoms with Gasteiger partial charge in [-0.05, 0) is 24.3 Å². The maximum Gasteiger partial charge on any atom is 0.422 e. The summed E-state index contributed by atoms with van der Waals surface area (Å²) in [7, 11) is 0. The Morgan fingerprint density at radius 2 is 1.70 bits per heavy atom. The topological polar surface area (TPSA) is 89.9 Å². The Morgan fingerprint density at radius 1 is 1.11 bits per heavy atom. The zero-order valence-corrected chi connectivity index (χ0v) is 17.5. The molecule has 0 aromatic heterocycles. The Morgan fingerprint density at radius 3 is 2.22 bits per heavy atom. The number of rotatable bonds is 8. The summed E-state index contributed by atoms with van der Waals surface area (Å²) in [4.78, 5) is 34.6. The Hall–Kier alpha value is -1.50. The quantitative estimate of drug-likeness (QED) is 0.257. The molecule has 6 nitrogen and oxygen atoms in total. The minimum Gasteiger partial charge on any atom is -0.473 e. The summed E-state index contributed by atoms with van der Waals surface area (Å²) < 4.78 is 9.96. The van der Waals surface area contributed by atoms with Crippen LogP contribution in [-0.4, -0.2) is 29.6 Å². The van der Waals surface area contributed by atoms with Gasteiger partial charge in [0.2, 0.25) is 0 Å². The number of carboxylic acid groups (broad SMARTS) is 1. The molecule has 1 unspecified atom stereocenters. The van der Waals surface area contributed by atoms with Gasteiger partial charge in [0.25, 0.3) is 0 Å². The van der Waals surface area contributed by atoms with Crippen LogP contribution < -0.4 is 4.74 Å². The van der Waals surface area contributed by atoms with E-state index in [0.717, 1.165) is 25.3 Å². The van der Waals surface area contributed by atoms with Crippen molar-refractivity contribution >= 4 is 52.7 Å². The van der Waals surface area contributed by atoms with Crippen molar-refractivity contribution in [3.63, 3.8) is 0 Å². The van der Waals surface area contributed by atoms with Gasteiger partial charge < -0.3 is 14.6 Å². The molecule has 1 atom stereocenters. The van der Waals surface area contributed by atoms with Crippen molar-refractivity contribution in [3.8, 4) is 5.75 Å². The zero-order valence-electron chi connectivity index (χ0n) is 15.2. The number of benzene rings is 1. The third-order valence-corrected chi connectivity index (χ3v) is 5.16. The van der Waals surface area contributed by atoms with Crippen LogP contribution in [0.1, 0.15) is 50.4 Å². The summed E-state index contributed by atoms with van der Waals surface area (Å²) in [6.45, 7) is 6.26. The molecule has 0 saturated carbocycles. The molecule has 0 spiro atoms. The van der Waals surface area contributed by atoms with Gasteiger partial charge in [-0.3, -0.25) is 0 Å². The van der Waals surface area contributed by atoms with Crippen LogP contribution in [0.25, 0.3) is 0 Å². The van der Waals surface area contributed by atoms with Crippen LogP contribution in [-0.2, 0) is 14.3 Å². The smallest absolute Gasteiger partial charge is 0.422 e. The van der Waals surface area contributed by atoms with Crippen LogP contribution in [0.2, 0.25) is 15.1 Å². The van der Waals surface area contributed by atoms with E-state index in [2.05, 4.69) is 18.6 Å². The second-order valence-corrected chi connectivity index (χ2v) is 7.37. The summed E-state index contributed by atoms with van der Waals surface area (Å²) in [6, 6.07) is 1.14. The molecule has 0 fully saturated rings. The van der Waals surface area contributed by atoms with Gasteiger partial charge in [0.05, 0.1) is 21.7 Å². The summed E-state index contributed by atoms with van der Waals surface area (Å²) in [5.74, 6) is -4.26. The molecule has 0 radical (unpaired) electrons. The van der Waals surface area contributed by atoms with Crippen molar-refractivity contribution in [2.75, 3.05) is 6.61 Å². The number of aliphatic carboxylic acids is 1. The summed E-state index contributed by atoms with van der Waals surface area (Å²) in [5.41, 5.74) is -0.390. The molecule has 27 heavy (non-hydrogen) atoms. The number of hydrogen-bond acceptors (Lipinski definition) is 5. The molecule has 0 amide bonds. The maximum atomic E-state index is 12.5. The molecular weight excluding hydrogens is 419 g/mol. The fourth-order valence-corrected chi connectivity index (χ4v) is 3.27. The second-order valence-electron chi connectivity index (χ2n) is 6.17. The van der Waals surface area contributed by atoms with E-state index in [1.165, 1.54) is 0 Å². The number of halogens is 3. The van der Waals surface area contributed by atoms with Crippen LogP contribution in [0.15, 0.2) is 6.07 Å². The molecule has 1 aromatic rings. The van der Waals surface area contributed by atoms with E-state index in [0.29, 0.717) is 5.92 Å². The lowest BCUT2D eigenvalue weighted by atomic mass is 9.92. The largest absolute Gasteiger partial charge is 0.473 e. The van der Waals surface area contributed by atoms with E-state index in [1.54, 1.807) is 0 Å². The normalized spacial score (nSPS) is 12.0. The number of esters is 2. The minimum absolute atomic E-state index is 0.0613. The van der Waals surface area contributed by atoms with Crippen LogP contribution in [0, 0.1) is 11.8 Å². The van der Waals surface area contributed by atoms with Crippen molar-refractivity contribution in [2.24, 2.45) is 11.8 Å². The van der Waals surface area contributed by atoms with Crippen LogP contribution >= 0.6 is 34.8 Å². The van der Waals surface area contributed by atoms with Gasteiger partial charge in [-0.25, -0.2) is 14.4 Å². The van der Waals surface area contributed by atoms with E-state index >= 15 is 0 Å². The number of carbonyl (C=O) groups is 3. The van der Waals surface area contributed by atoms with Crippen LogP contribution in [0.4, 0.5) is 0 Å². The van der Waals surface area contributed by atoms with Gasteiger partial charge in [-0.2, -0.15) is 0 Å². The van der Waals surface area contributed by atoms with Gasteiger partial charge in [0, 0.05) is 0 Å². The highest BCUT2D eigenvalue weighted by Crippen LogP contribution is 2.40. The molecule has 0 aliphatic carbocycles. The molecule has 0 saturated heterocycles. The molecule has 1 aromatic carbocycles. The predicted octanol–water partition coefficient (Wildman–Crippen LogP) is 5.26. The van der Waals surface area contributed by atoms with E-state index in [1.807, 2.05) is 6.92 Å². The molecule has 0 aliphatic heterocycles. The van der Waals surface area contributed by atoms with Gasteiger partial charge in [-0.1, -0.05) is 68.4 Å². The molecule has 0 heterocycles. The Balaban J connectivity index is 3.04. The highest BCUT2D eigenvalue weighted by Gasteiger charge is 2.28. The minimum atomic E-state index is -1.85. The van der Waals surface area contributed by atoms with Gasteiger partial charge in [0.1, 0.15) is 5.56 Å². The molecule has 1 N–H and O–H groups in total. The second kappa shape index (κ2) is 10.7. The Bertz CT molecular complexity index is 716. The average Bonchev–Trinajstić information content (AvgIpc) is 2.62. The Labute approximate surface area is 172 Å². The third-order valence-electron chi connectivity index (χ3n) is 4.09. The van der Waals surface area contributed by atoms with Gasteiger partial charge in [0.15, 0.2) is 5.75 Å². The number of carboxylic acids is 1. The fraction of sp³-hybridized carbons (Fsp3) is 0.500. The maximum absolute atomic E-state index is 12.5. The van der Waals surface area contributed by atoms with Gasteiger partial charge >= 0.3 is 17.9 Å². The third kappa shape index (κ3) is 6.55. The lowest BCUT2D eigenvalue weighted by Crippen LogP contribution is -2.22. The predicted molar refractivity (Wildman–Crippen MR) is 103 cm³/mol. The first-order valence-corrected chi connectivity index (χ1v) is 9.55. The van der Waals surface area contributed by atoms with Crippen molar-refractivity contribution in [3.05, 3.63) is 26.7 Å². The SMILES string of the molecule is CCC(CC)CC(C)COC(=O)c1c(Cl)c(Cl)cc(Cl)c1OC(=O)C(=O)O. The summed E-state index contributed by atoms with van der Waals surface area (Å²) in [6.07, 6.45) is 2.94.